The molecule has 3 rings (SSSR count). The molecular weight excluding hydrogens is 368 g/mol. The zero-order valence-electron chi connectivity index (χ0n) is 15.1. The molecule has 27 heavy (non-hydrogen) atoms. The van der Waals surface area contributed by atoms with Crippen LogP contribution >= 0.6 is 11.3 Å². The molecular formula is C19H20N2O5S. The quantitative estimate of drug-likeness (QED) is 0.506. The van der Waals surface area contributed by atoms with E-state index in [1.807, 2.05) is 36.6 Å². The fourth-order valence-corrected chi connectivity index (χ4v) is 2.90. The number of aromatic nitrogens is 2. The van der Waals surface area contributed by atoms with Gasteiger partial charge < -0.3 is 18.6 Å². The van der Waals surface area contributed by atoms with Gasteiger partial charge in [0, 0.05) is 0 Å². The minimum Gasteiger partial charge on any atom is -0.494 e. The molecule has 0 bridgehead atoms. The fourth-order valence-electron chi connectivity index (χ4n) is 2.26. The number of nitrogens with zero attached hydrogens (tertiary/aromatic N) is 2. The Bertz CT molecular complexity index is 845. The van der Waals surface area contributed by atoms with Crippen LogP contribution in [0.15, 0.2) is 46.2 Å². The molecule has 0 saturated carbocycles. The van der Waals surface area contributed by atoms with Crippen molar-refractivity contribution in [1.29, 1.82) is 0 Å². The van der Waals surface area contributed by atoms with Gasteiger partial charge in [-0.2, -0.15) is 0 Å². The van der Waals surface area contributed by atoms with Gasteiger partial charge in [-0.05, 0) is 49.6 Å². The number of benzene rings is 1. The number of carbonyl (C=O) groups excluding carboxylic acids is 1. The molecule has 7 nitrogen and oxygen atoms in total. The third-order valence-corrected chi connectivity index (χ3v) is 4.40. The lowest BCUT2D eigenvalue weighted by atomic mass is 10.3. The summed E-state index contributed by atoms with van der Waals surface area (Å²) in [7, 11) is 0. The first kappa shape index (κ1) is 18.9. The van der Waals surface area contributed by atoms with Crippen LogP contribution in [0.25, 0.3) is 10.8 Å². The van der Waals surface area contributed by atoms with Gasteiger partial charge in [0.25, 0.3) is 11.8 Å². The molecule has 0 aliphatic rings. The van der Waals surface area contributed by atoms with Crippen LogP contribution in [0.5, 0.6) is 11.5 Å². The monoisotopic (exact) mass is 388 g/mol. The van der Waals surface area contributed by atoms with Gasteiger partial charge in [-0.1, -0.05) is 6.07 Å². The van der Waals surface area contributed by atoms with Crippen molar-refractivity contribution in [2.45, 2.75) is 26.4 Å². The van der Waals surface area contributed by atoms with E-state index in [2.05, 4.69) is 10.2 Å². The van der Waals surface area contributed by atoms with Crippen molar-refractivity contribution in [3.8, 4) is 22.3 Å². The number of rotatable bonds is 9. The van der Waals surface area contributed by atoms with E-state index in [4.69, 9.17) is 18.6 Å². The molecule has 0 aliphatic carbocycles. The van der Waals surface area contributed by atoms with Gasteiger partial charge in [0.05, 0.1) is 24.5 Å². The van der Waals surface area contributed by atoms with Crippen molar-refractivity contribution in [3.05, 3.63) is 47.7 Å². The first-order valence-corrected chi connectivity index (χ1v) is 9.46. The Morgan fingerprint density at radius 3 is 2.56 bits per heavy atom. The number of hydrogen-bond acceptors (Lipinski definition) is 8. The lowest BCUT2D eigenvalue weighted by Gasteiger charge is -2.10. The smallest absolute Gasteiger partial charge is 0.310 e. The third kappa shape index (κ3) is 5.30. The lowest BCUT2D eigenvalue weighted by Crippen LogP contribution is -2.12. The average molecular weight is 388 g/mol. The maximum Gasteiger partial charge on any atom is 0.310 e. The van der Waals surface area contributed by atoms with E-state index in [-0.39, 0.29) is 18.9 Å². The maximum atomic E-state index is 12.0. The van der Waals surface area contributed by atoms with Crippen molar-refractivity contribution < 1.29 is 23.4 Å². The van der Waals surface area contributed by atoms with Crippen LogP contribution < -0.4 is 9.47 Å². The molecule has 0 fully saturated rings. The second-order valence-electron chi connectivity index (χ2n) is 5.56. The first-order chi connectivity index (χ1) is 13.2. The summed E-state index contributed by atoms with van der Waals surface area (Å²) in [6.07, 6.45) is -0.507. The summed E-state index contributed by atoms with van der Waals surface area (Å²) in [6, 6.07) is 11.0. The van der Waals surface area contributed by atoms with Gasteiger partial charge in [-0.25, -0.2) is 0 Å². The number of carbonyl (C=O) groups is 1. The van der Waals surface area contributed by atoms with E-state index in [0.717, 1.165) is 10.6 Å². The topological polar surface area (TPSA) is 83.7 Å². The van der Waals surface area contributed by atoms with E-state index in [1.165, 1.54) is 11.3 Å². The lowest BCUT2D eigenvalue weighted by molar-refractivity contribution is -0.150. The summed E-state index contributed by atoms with van der Waals surface area (Å²) < 4.78 is 21.8. The van der Waals surface area contributed by atoms with Gasteiger partial charge in [0.15, 0.2) is 6.10 Å². The van der Waals surface area contributed by atoms with Crippen LogP contribution in [0.1, 0.15) is 32.3 Å². The Morgan fingerprint density at radius 2 is 1.89 bits per heavy atom. The largest absolute Gasteiger partial charge is 0.494 e. The highest BCUT2D eigenvalue weighted by molar-refractivity contribution is 7.13. The molecule has 0 radical (unpaired) electrons. The number of hydrogen-bond donors (Lipinski definition) is 0. The summed E-state index contributed by atoms with van der Waals surface area (Å²) >= 11 is 1.50. The highest BCUT2D eigenvalue weighted by Gasteiger charge is 2.19. The summed E-state index contributed by atoms with van der Waals surface area (Å²) in [5.41, 5.74) is 0. The Balaban J connectivity index is 1.43. The number of esters is 1. The zero-order valence-corrected chi connectivity index (χ0v) is 15.9. The van der Waals surface area contributed by atoms with Crippen molar-refractivity contribution in [2.75, 3.05) is 13.2 Å². The fraction of sp³-hybridized carbons (Fsp3) is 0.316. The molecule has 2 aromatic heterocycles. The van der Waals surface area contributed by atoms with Gasteiger partial charge in [0.1, 0.15) is 11.5 Å². The molecule has 1 atom stereocenters. The highest BCUT2D eigenvalue weighted by Crippen LogP contribution is 2.26. The SMILES string of the molecule is CCOc1ccc(OCCC(=O)OC(C)c2nnc(-c3cccs3)o2)cc1. The predicted octanol–water partition coefficient (Wildman–Crippen LogP) is 4.27. The summed E-state index contributed by atoms with van der Waals surface area (Å²) in [4.78, 5) is 12.9. The number of ether oxygens (including phenoxy) is 3. The van der Waals surface area contributed by atoms with Gasteiger partial charge >= 0.3 is 5.97 Å². The van der Waals surface area contributed by atoms with E-state index < -0.39 is 12.1 Å². The Hall–Kier alpha value is -2.87. The van der Waals surface area contributed by atoms with Crippen LogP contribution in [-0.2, 0) is 9.53 Å². The van der Waals surface area contributed by atoms with Crippen LogP contribution in [0.3, 0.4) is 0 Å². The van der Waals surface area contributed by atoms with Crippen molar-refractivity contribution in [3.63, 3.8) is 0 Å². The van der Waals surface area contributed by atoms with Gasteiger partial charge in [-0.15, -0.1) is 21.5 Å². The van der Waals surface area contributed by atoms with E-state index in [0.29, 0.717) is 18.2 Å². The molecule has 142 valence electrons. The molecule has 1 aromatic carbocycles. The van der Waals surface area contributed by atoms with Crippen molar-refractivity contribution in [1.82, 2.24) is 10.2 Å². The summed E-state index contributed by atoms with van der Waals surface area (Å²) in [5.74, 6) is 1.72. The van der Waals surface area contributed by atoms with Crippen LogP contribution in [0, 0.1) is 0 Å². The van der Waals surface area contributed by atoms with E-state index in [9.17, 15) is 4.79 Å². The van der Waals surface area contributed by atoms with Crippen LogP contribution in [0.2, 0.25) is 0 Å². The minimum absolute atomic E-state index is 0.115. The Labute approximate surface area is 160 Å². The molecule has 3 aromatic rings. The second-order valence-corrected chi connectivity index (χ2v) is 6.51. The zero-order chi connectivity index (χ0) is 19.1. The minimum atomic E-state index is -0.621. The summed E-state index contributed by atoms with van der Waals surface area (Å²) in [5, 5.41) is 9.85. The van der Waals surface area contributed by atoms with E-state index in [1.54, 1.807) is 19.1 Å². The van der Waals surface area contributed by atoms with Crippen LogP contribution in [-0.4, -0.2) is 29.4 Å². The van der Waals surface area contributed by atoms with Crippen molar-refractivity contribution in [2.24, 2.45) is 0 Å². The molecule has 8 heteroatoms. The standard InChI is InChI=1S/C19H20N2O5S/c1-3-23-14-6-8-15(9-7-14)24-11-10-17(22)25-13(2)18-20-21-19(26-18)16-5-4-12-27-16/h4-9,12-13H,3,10-11H2,1-2H3. The van der Waals surface area contributed by atoms with E-state index >= 15 is 0 Å². The molecule has 0 amide bonds. The average Bonchev–Trinajstić information content (AvgIpc) is 3.35. The van der Waals surface area contributed by atoms with Crippen LogP contribution in [0.4, 0.5) is 0 Å². The van der Waals surface area contributed by atoms with Crippen molar-refractivity contribution >= 4 is 17.3 Å². The molecule has 0 aliphatic heterocycles. The molecule has 0 spiro atoms. The maximum absolute atomic E-state index is 12.0. The second kappa shape index (κ2) is 9.18. The summed E-state index contributed by atoms with van der Waals surface area (Å²) in [6.45, 7) is 4.44. The Kier molecular flexibility index (Phi) is 6.43. The predicted molar refractivity (Wildman–Crippen MR) is 99.8 cm³/mol. The van der Waals surface area contributed by atoms with Gasteiger partial charge in [-0.3, -0.25) is 4.79 Å². The third-order valence-electron chi connectivity index (χ3n) is 3.54. The molecule has 2 heterocycles. The molecule has 0 saturated heterocycles. The molecule has 1 unspecified atom stereocenters. The highest BCUT2D eigenvalue weighted by atomic mass is 32.1. The number of thiophene rings is 1. The normalized spacial score (nSPS) is 11.8. The Morgan fingerprint density at radius 1 is 1.15 bits per heavy atom. The molecule has 0 N–H and O–H groups in total. The van der Waals surface area contributed by atoms with Gasteiger partial charge in [0.2, 0.25) is 0 Å². The first-order valence-electron chi connectivity index (χ1n) is 8.58.